The summed E-state index contributed by atoms with van der Waals surface area (Å²) < 4.78 is 34.0. The van der Waals surface area contributed by atoms with Crippen molar-refractivity contribution < 1.29 is 33.9 Å². The first-order chi connectivity index (χ1) is 14.4. The molecule has 4 rings (SSSR count). The minimum Gasteiger partial charge on any atom is -0.239 e. The highest BCUT2D eigenvalue weighted by Gasteiger charge is 2.16. The van der Waals surface area contributed by atoms with Crippen molar-refractivity contribution in [3.63, 3.8) is 0 Å². The molecule has 0 unspecified atom stereocenters. The number of benzene rings is 2. The van der Waals surface area contributed by atoms with E-state index in [1.54, 1.807) is 0 Å². The largest absolute Gasteiger partial charge is 0.239 e. The summed E-state index contributed by atoms with van der Waals surface area (Å²) in [5.41, 5.74) is 2.58. The van der Waals surface area contributed by atoms with Gasteiger partial charge in [-0.2, -0.15) is 0 Å². The maximum atomic E-state index is 8.49. The Kier molecular flexibility index (Phi) is 8.16. The molecule has 158 valence electrons. The van der Waals surface area contributed by atoms with Gasteiger partial charge in [-0.15, -0.1) is 21.6 Å². The minimum atomic E-state index is -4.94. The zero-order chi connectivity index (χ0) is 21.4. The van der Waals surface area contributed by atoms with Gasteiger partial charge in [-0.1, -0.05) is 67.1 Å². The molecule has 3 aromatic rings. The molecule has 7 heteroatoms. The Morgan fingerprint density at radius 3 is 1.57 bits per heavy atom. The summed E-state index contributed by atoms with van der Waals surface area (Å²) in [6, 6.07) is 26.7. The molecule has 1 aliphatic rings. The second-order valence-electron chi connectivity index (χ2n) is 7.16. The summed E-state index contributed by atoms with van der Waals surface area (Å²) in [4.78, 5) is 6.45. The SMILES string of the molecule is [O-][Cl+3]([O-])([O-])[O-].c1ccc(-c2cc(=[NH+]C3CCCCC3)cc(-c3ccccc3)s2)cc1. The molecule has 30 heavy (non-hydrogen) atoms. The maximum absolute atomic E-state index is 8.49. The van der Waals surface area contributed by atoms with Crippen molar-refractivity contribution in [2.45, 2.75) is 38.1 Å². The first kappa shape index (κ1) is 22.6. The Hall–Kier alpha value is -2.06. The molecule has 1 heterocycles. The Morgan fingerprint density at radius 1 is 0.700 bits per heavy atom. The van der Waals surface area contributed by atoms with Crippen LogP contribution in [0.25, 0.3) is 20.9 Å². The summed E-state index contributed by atoms with van der Waals surface area (Å²) in [5, 5.41) is 1.25. The van der Waals surface area contributed by atoms with Crippen molar-refractivity contribution in [3.05, 3.63) is 78.2 Å². The predicted octanol–water partition coefficient (Wildman–Crippen LogP) is -0.360. The number of hydrogen-bond donors (Lipinski definition) is 1. The average molecular weight is 446 g/mol. The van der Waals surface area contributed by atoms with Crippen molar-refractivity contribution in [1.82, 2.24) is 0 Å². The Bertz CT molecular complexity index is 915. The van der Waals surface area contributed by atoms with Crippen LogP contribution in [-0.4, -0.2) is 6.04 Å². The van der Waals surface area contributed by atoms with Crippen LogP contribution in [0.5, 0.6) is 0 Å². The summed E-state index contributed by atoms with van der Waals surface area (Å²) in [6.07, 6.45) is 6.67. The van der Waals surface area contributed by atoms with Crippen LogP contribution in [0, 0.1) is 10.2 Å². The van der Waals surface area contributed by atoms with E-state index >= 15 is 0 Å². The smallest absolute Gasteiger partial charge is 0.201 e. The molecular weight excluding hydrogens is 422 g/mol. The molecule has 0 saturated heterocycles. The van der Waals surface area contributed by atoms with Gasteiger partial charge in [0.2, 0.25) is 5.36 Å². The molecule has 0 aliphatic heterocycles. The topological polar surface area (TPSA) is 106 Å². The van der Waals surface area contributed by atoms with Crippen molar-refractivity contribution in [2.24, 2.45) is 0 Å². The van der Waals surface area contributed by atoms with Crippen LogP contribution in [0.15, 0.2) is 72.8 Å². The van der Waals surface area contributed by atoms with Gasteiger partial charge in [0.25, 0.3) is 0 Å². The van der Waals surface area contributed by atoms with E-state index in [4.69, 9.17) is 18.6 Å². The summed E-state index contributed by atoms with van der Waals surface area (Å²) in [5.74, 6) is 0. The second kappa shape index (κ2) is 10.8. The van der Waals surface area contributed by atoms with E-state index in [9.17, 15) is 0 Å². The zero-order valence-corrected chi connectivity index (χ0v) is 18.0. The Labute approximate surface area is 182 Å². The molecule has 0 atom stereocenters. The summed E-state index contributed by atoms with van der Waals surface area (Å²) in [6.45, 7) is 0. The van der Waals surface area contributed by atoms with Gasteiger partial charge in [-0.25, -0.2) is 23.6 Å². The van der Waals surface area contributed by atoms with Gasteiger partial charge in [0.05, 0.1) is 0 Å². The highest BCUT2D eigenvalue weighted by atomic mass is 35.7. The second-order valence-corrected chi connectivity index (χ2v) is 9.00. The number of rotatable bonds is 3. The Morgan fingerprint density at radius 2 is 1.13 bits per heavy atom. The van der Waals surface area contributed by atoms with Crippen LogP contribution in [0.2, 0.25) is 0 Å². The van der Waals surface area contributed by atoms with E-state index in [-0.39, 0.29) is 0 Å². The van der Waals surface area contributed by atoms with E-state index in [2.05, 4.69) is 77.8 Å². The lowest BCUT2D eigenvalue weighted by Gasteiger charge is -2.17. The predicted molar refractivity (Wildman–Crippen MR) is 106 cm³/mol. The zero-order valence-electron chi connectivity index (χ0n) is 16.5. The van der Waals surface area contributed by atoms with Gasteiger partial charge in [0.15, 0.2) is 6.04 Å². The molecule has 5 nitrogen and oxygen atoms in total. The first-order valence-electron chi connectivity index (χ1n) is 9.86. The van der Waals surface area contributed by atoms with Gasteiger partial charge < -0.3 is 0 Å². The fourth-order valence-electron chi connectivity index (χ4n) is 3.56. The third kappa shape index (κ3) is 7.65. The standard InChI is InChI=1S/C23H23NS.ClHO4/c1-4-10-18(11-5-1)22-16-21(24-20-14-8-3-9-15-20)17-23(25-22)19-12-6-2-7-13-19;2-1(3,4)5/h1-2,4-7,10-13,16-17,20H,3,8-9,14-15H2;(H,2,3,4,5). The van der Waals surface area contributed by atoms with Gasteiger partial charge in [0.1, 0.15) is 0 Å². The molecule has 1 fully saturated rings. The van der Waals surface area contributed by atoms with Crippen LogP contribution < -0.4 is 29.0 Å². The molecule has 2 aromatic carbocycles. The van der Waals surface area contributed by atoms with Crippen LogP contribution in [-0.2, 0) is 0 Å². The fourth-order valence-corrected chi connectivity index (χ4v) is 4.67. The molecule has 0 amide bonds. The van der Waals surface area contributed by atoms with E-state index in [0.717, 1.165) is 0 Å². The number of nitrogens with one attached hydrogen (secondary N) is 1. The third-order valence-electron chi connectivity index (χ3n) is 4.89. The lowest BCUT2D eigenvalue weighted by Crippen LogP contribution is -2.83. The highest BCUT2D eigenvalue weighted by molar-refractivity contribution is 7.18. The average Bonchev–Trinajstić information content (AvgIpc) is 2.74. The van der Waals surface area contributed by atoms with Crippen molar-refractivity contribution in [1.29, 1.82) is 0 Å². The molecule has 1 saturated carbocycles. The lowest BCUT2D eigenvalue weighted by molar-refractivity contribution is -2.00. The minimum absolute atomic E-state index is 0.619. The van der Waals surface area contributed by atoms with Gasteiger partial charge in [0, 0.05) is 34.7 Å². The molecule has 0 spiro atoms. The van der Waals surface area contributed by atoms with Crippen LogP contribution in [0.3, 0.4) is 0 Å². The van der Waals surface area contributed by atoms with Crippen LogP contribution >= 0.6 is 11.3 Å². The molecule has 0 bridgehead atoms. The normalized spacial score (nSPS) is 14.5. The van der Waals surface area contributed by atoms with Crippen molar-refractivity contribution >= 4 is 11.3 Å². The molecule has 1 aliphatic carbocycles. The number of hydrogen-bond acceptors (Lipinski definition) is 5. The monoisotopic (exact) mass is 445 g/mol. The summed E-state index contributed by atoms with van der Waals surface area (Å²) >= 11 is 1.86. The summed E-state index contributed by atoms with van der Waals surface area (Å²) in [7, 11) is -4.94. The molecule has 1 aromatic heterocycles. The van der Waals surface area contributed by atoms with E-state index < -0.39 is 10.2 Å². The molecule has 1 N–H and O–H groups in total. The lowest BCUT2D eigenvalue weighted by atomic mass is 9.96. The van der Waals surface area contributed by atoms with E-state index in [0.29, 0.717) is 6.04 Å². The van der Waals surface area contributed by atoms with Crippen molar-refractivity contribution in [3.8, 4) is 20.9 Å². The highest BCUT2D eigenvalue weighted by Crippen LogP contribution is 2.30. The van der Waals surface area contributed by atoms with Gasteiger partial charge in [-0.3, -0.25) is 0 Å². The quantitative estimate of drug-likeness (QED) is 0.594. The van der Waals surface area contributed by atoms with Gasteiger partial charge >= 0.3 is 0 Å². The van der Waals surface area contributed by atoms with Crippen molar-refractivity contribution in [2.75, 3.05) is 0 Å². The van der Waals surface area contributed by atoms with E-state index in [1.165, 1.54) is 58.3 Å². The molecular formula is C23H24ClNO4S. The van der Waals surface area contributed by atoms with Gasteiger partial charge in [-0.05, 0) is 24.0 Å². The third-order valence-corrected chi connectivity index (χ3v) is 6.03. The first-order valence-corrected chi connectivity index (χ1v) is 11.9. The fraction of sp³-hybridized carbons (Fsp3) is 0.261. The van der Waals surface area contributed by atoms with Crippen LogP contribution in [0.1, 0.15) is 32.1 Å². The molecule has 0 radical (unpaired) electrons. The Balaban J connectivity index is 0.000000461. The van der Waals surface area contributed by atoms with Crippen LogP contribution in [0.4, 0.5) is 0 Å². The maximum Gasteiger partial charge on any atom is 0.201 e. The van der Waals surface area contributed by atoms with E-state index in [1.807, 2.05) is 11.3 Å². The number of halogens is 1.